The van der Waals surface area contributed by atoms with Crippen molar-refractivity contribution < 1.29 is 0 Å². The third-order valence-corrected chi connectivity index (χ3v) is 37.4. The molecule has 0 saturated carbocycles. The molecule has 6 heterocycles. The Hall–Kier alpha value is -0.983. The number of thiophene rings is 6. The first kappa shape index (κ1) is 47.0. The second kappa shape index (κ2) is 20.9. The molecular weight excluding hydrogens is 1050 g/mol. The van der Waals surface area contributed by atoms with E-state index >= 15 is 0 Å². The third-order valence-electron chi connectivity index (χ3n) is 11.9. The van der Waals surface area contributed by atoms with Gasteiger partial charge in [-0.3, -0.25) is 0 Å². The Labute approximate surface area is 394 Å². The van der Waals surface area contributed by atoms with Gasteiger partial charge in [-0.15, -0.1) is 0 Å². The fraction of sp³-hybridized carbons (Fsp3) is 0.423. The summed E-state index contributed by atoms with van der Waals surface area (Å²) in [6.45, 7) is 9.34. The summed E-state index contributed by atoms with van der Waals surface area (Å²) in [5, 5.41) is 2.97. The van der Waals surface area contributed by atoms with E-state index in [9.17, 15) is 0 Å². The van der Waals surface area contributed by atoms with E-state index < -0.39 is 36.8 Å². The van der Waals surface area contributed by atoms with Crippen LogP contribution in [0.2, 0.25) is 29.6 Å². The molecule has 0 aliphatic heterocycles. The van der Waals surface area contributed by atoms with Crippen LogP contribution in [0.5, 0.6) is 0 Å². The van der Waals surface area contributed by atoms with Gasteiger partial charge in [0, 0.05) is 0 Å². The van der Waals surface area contributed by atoms with Crippen LogP contribution < -0.4 is 5.79 Å². The normalized spacial score (nSPS) is 13.9. The third kappa shape index (κ3) is 11.4. The van der Waals surface area contributed by atoms with Crippen LogP contribution in [0.15, 0.2) is 60.7 Å². The Kier molecular flexibility index (Phi) is 16.4. The molecule has 60 heavy (non-hydrogen) atoms. The average Bonchev–Trinajstić information content (AvgIpc) is 4.07. The van der Waals surface area contributed by atoms with E-state index in [2.05, 4.69) is 165 Å². The zero-order chi connectivity index (χ0) is 42.6. The van der Waals surface area contributed by atoms with Gasteiger partial charge >= 0.3 is 295 Å². The number of fused-ring (bicyclic) bond motifs is 2. The number of benzene rings is 1. The maximum absolute atomic E-state index is 2.65. The van der Waals surface area contributed by atoms with E-state index in [4.69, 9.17) is 0 Å². The summed E-state index contributed by atoms with van der Waals surface area (Å²) in [6.07, 6.45) is 22.4. The molecule has 0 fully saturated rings. The van der Waals surface area contributed by atoms with E-state index in [1.807, 2.05) is 45.3 Å². The molecule has 6 aromatic heterocycles. The van der Waals surface area contributed by atoms with Crippen LogP contribution in [0.25, 0.3) is 65.4 Å². The van der Waals surface area contributed by atoms with Gasteiger partial charge in [0.15, 0.2) is 0 Å². The first-order chi connectivity index (χ1) is 28.8. The van der Waals surface area contributed by atoms with Gasteiger partial charge in [-0.05, 0) is 24.7 Å². The molecular formula is C52H66S6Sn2. The van der Waals surface area contributed by atoms with Gasteiger partial charge in [-0.25, -0.2) is 0 Å². The predicted octanol–water partition coefficient (Wildman–Crippen LogP) is 18.6. The molecule has 0 bridgehead atoms. The van der Waals surface area contributed by atoms with Crippen LogP contribution in [0, 0.1) is 11.8 Å². The molecule has 0 aliphatic carbocycles. The van der Waals surface area contributed by atoms with Crippen LogP contribution in [0.3, 0.4) is 0 Å². The van der Waals surface area contributed by atoms with Gasteiger partial charge in [0.1, 0.15) is 0 Å². The molecule has 0 saturated heterocycles. The summed E-state index contributed by atoms with van der Waals surface area (Å²) >= 11 is 7.35. The monoisotopic (exact) mass is 1120 g/mol. The molecule has 7 rings (SSSR count). The molecule has 2 atom stereocenters. The summed E-state index contributed by atoms with van der Waals surface area (Å²) in [4.78, 5) is 26.8. The van der Waals surface area contributed by atoms with Crippen molar-refractivity contribution in [3.05, 3.63) is 89.9 Å². The van der Waals surface area contributed by atoms with Gasteiger partial charge in [-0.2, -0.15) is 0 Å². The van der Waals surface area contributed by atoms with E-state index in [1.165, 1.54) is 135 Å². The Bertz CT molecular complexity index is 2310. The topological polar surface area (TPSA) is 0 Å². The Morgan fingerprint density at radius 3 is 1.18 bits per heavy atom. The van der Waals surface area contributed by atoms with Crippen molar-refractivity contribution in [3.8, 4) is 20.9 Å². The van der Waals surface area contributed by atoms with Crippen molar-refractivity contribution in [3.63, 3.8) is 0 Å². The number of unbranched alkanes of at least 4 members (excludes halogenated alkanes) is 2. The van der Waals surface area contributed by atoms with Crippen molar-refractivity contribution in [2.45, 2.75) is 122 Å². The van der Waals surface area contributed by atoms with Crippen molar-refractivity contribution in [1.29, 1.82) is 0 Å². The minimum atomic E-state index is -2.41. The van der Waals surface area contributed by atoms with Crippen LogP contribution in [0.4, 0.5) is 0 Å². The van der Waals surface area contributed by atoms with Gasteiger partial charge < -0.3 is 0 Å². The summed E-state index contributed by atoms with van der Waals surface area (Å²) in [5.74, 6) is 1.62. The first-order valence-corrected chi connectivity index (χ1v) is 47.4. The molecule has 1 aromatic carbocycles. The molecule has 318 valence electrons. The Balaban J connectivity index is 1.24. The van der Waals surface area contributed by atoms with Gasteiger partial charge in [0.25, 0.3) is 0 Å². The average molecular weight is 1120 g/mol. The fourth-order valence-electron chi connectivity index (χ4n) is 8.12. The number of hydrogen-bond donors (Lipinski definition) is 0. The fourth-order valence-corrected chi connectivity index (χ4v) is 25.1. The van der Waals surface area contributed by atoms with E-state index in [0.29, 0.717) is 0 Å². The van der Waals surface area contributed by atoms with Crippen LogP contribution in [-0.2, 0) is 12.8 Å². The van der Waals surface area contributed by atoms with Crippen molar-refractivity contribution in [2.75, 3.05) is 0 Å². The van der Waals surface area contributed by atoms with Gasteiger partial charge in [0.2, 0.25) is 0 Å². The summed E-state index contributed by atoms with van der Waals surface area (Å²) in [5.41, 5.74) is 2.97. The molecule has 8 heteroatoms. The first-order valence-electron chi connectivity index (χ1n) is 22.6. The van der Waals surface area contributed by atoms with Crippen molar-refractivity contribution >= 4 is 155 Å². The molecule has 2 unspecified atom stereocenters. The van der Waals surface area contributed by atoms with E-state index in [0.717, 1.165) is 11.8 Å². The van der Waals surface area contributed by atoms with Crippen molar-refractivity contribution in [1.82, 2.24) is 0 Å². The van der Waals surface area contributed by atoms with Crippen LogP contribution >= 0.6 is 68.0 Å². The molecule has 0 amide bonds. The number of hydrogen-bond acceptors (Lipinski definition) is 6. The quantitative estimate of drug-likeness (QED) is 0.0668. The Morgan fingerprint density at radius 1 is 0.467 bits per heavy atom. The van der Waals surface area contributed by atoms with E-state index in [-0.39, 0.29) is 0 Å². The van der Waals surface area contributed by atoms with Crippen LogP contribution in [-0.4, -0.2) is 36.8 Å². The standard InChI is InChI=1S/C46H48S6.6CH3.2Sn/c1-5-9-11-31(7-3)29-37-19-17-33(49-37)13-15-35-21-23-41(51-35)43-39-25-27-48-46(39)44(40-26-28-47-45(40)43)42-24-22-36(52-42)16-14-34-18-20-38(50-34)30-32(8-4)12-10-6-2;;;;;;;;/h13-26,31-32H,5-12,29-30H2,1-4H3;6*1H3;;/b15-13+,16-14+;;;;;;;;. The second-order valence-corrected chi connectivity index (χ2v) is 56.4. The predicted molar refractivity (Wildman–Crippen MR) is 290 cm³/mol. The summed E-state index contributed by atoms with van der Waals surface area (Å²) < 4.78 is 6.35. The molecule has 0 N–H and O–H groups in total. The maximum atomic E-state index is 2.65. The molecule has 0 spiro atoms. The SMILES string of the molecule is CCCCC(CC)Cc1ccc(/C=C/c2ccc(-c3c4c[c]([Sn]([CH3])([CH3])[CH3])sc4c(-c4ccc(/C=C/c5ccc(CC(CC)CCCC)s5)s4)c4c[c]([Sn]([CH3])([CH3])[CH3])sc34)s2)s1. The van der Waals surface area contributed by atoms with Crippen molar-refractivity contribution in [2.24, 2.45) is 11.8 Å². The van der Waals surface area contributed by atoms with E-state index in [1.54, 1.807) is 5.79 Å². The molecule has 0 nitrogen and oxygen atoms in total. The molecule has 7 aromatic rings. The van der Waals surface area contributed by atoms with Gasteiger partial charge in [-0.1, -0.05) is 79.1 Å². The molecule has 0 radical (unpaired) electrons. The van der Waals surface area contributed by atoms with Gasteiger partial charge in [0.05, 0.1) is 0 Å². The Morgan fingerprint density at radius 2 is 0.833 bits per heavy atom. The summed E-state index contributed by atoms with van der Waals surface area (Å²) in [7, 11) is 0. The second-order valence-electron chi connectivity index (χ2n) is 18.9. The zero-order valence-corrected chi connectivity index (χ0v) is 48.4. The zero-order valence-electron chi connectivity index (χ0n) is 37.8. The minimum absolute atomic E-state index is 0.808. The van der Waals surface area contributed by atoms with Crippen LogP contribution in [0.1, 0.15) is 108 Å². The summed E-state index contributed by atoms with van der Waals surface area (Å²) in [6, 6.07) is 24.3. The molecule has 0 aliphatic rings. The number of rotatable bonds is 20.